The topological polar surface area (TPSA) is 240 Å². The summed E-state index contributed by atoms with van der Waals surface area (Å²) in [4.78, 5) is 85.4. The van der Waals surface area contributed by atoms with Gasteiger partial charge in [-0.05, 0) is 103 Å². The number of rotatable bonds is 17. The van der Waals surface area contributed by atoms with Crippen LogP contribution in [0.3, 0.4) is 0 Å². The van der Waals surface area contributed by atoms with Gasteiger partial charge < -0.3 is 41.7 Å². The van der Waals surface area contributed by atoms with Gasteiger partial charge in [0.25, 0.3) is 0 Å². The molecular formula is C51H73N14O6P. The molecule has 0 spiro atoms. The van der Waals surface area contributed by atoms with Crippen molar-refractivity contribution in [1.82, 2.24) is 61.7 Å². The number of hydrogen-bond acceptors (Lipinski definition) is 13. The summed E-state index contributed by atoms with van der Waals surface area (Å²) >= 11 is 0. The number of likely N-dealkylation sites (N-methyl/N-ethyl adjacent to an activating group) is 2. The Morgan fingerprint density at radius 1 is 0.694 bits per heavy atom. The summed E-state index contributed by atoms with van der Waals surface area (Å²) in [7, 11) is 6.03. The molecule has 1 aromatic heterocycles. The van der Waals surface area contributed by atoms with E-state index in [1.165, 1.54) is 0 Å². The maximum absolute atomic E-state index is 14.5. The van der Waals surface area contributed by atoms with Gasteiger partial charge in [-0.25, -0.2) is 4.68 Å². The molecule has 0 aliphatic carbocycles. The van der Waals surface area contributed by atoms with E-state index in [0.717, 1.165) is 68.1 Å². The lowest BCUT2D eigenvalue weighted by Crippen LogP contribution is -2.58. The number of amides is 6. The number of benzene rings is 2. The summed E-state index contributed by atoms with van der Waals surface area (Å²) in [6.07, 6.45) is 10.6. The van der Waals surface area contributed by atoms with Crippen LogP contribution >= 0.6 is 9.24 Å². The summed E-state index contributed by atoms with van der Waals surface area (Å²) in [5, 5.41) is 38.1. The van der Waals surface area contributed by atoms with E-state index in [0.29, 0.717) is 51.0 Å². The molecule has 4 saturated heterocycles. The number of carbonyl (C=O) groups is 6. The van der Waals surface area contributed by atoms with Crippen LogP contribution in [0.25, 0.3) is 0 Å². The molecule has 6 amide bonds. The summed E-state index contributed by atoms with van der Waals surface area (Å²) in [5.74, 6) is -1.92. The zero-order valence-corrected chi connectivity index (χ0v) is 43.4. The molecule has 2 aromatic carbocycles. The van der Waals surface area contributed by atoms with Crippen LogP contribution in [0.1, 0.15) is 132 Å². The lowest BCUT2D eigenvalue weighted by Gasteiger charge is -2.37. The molecule has 21 heteroatoms. The third-order valence-electron chi connectivity index (χ3n) is 15.4. The Kier molecular flexibility index (Phi) is 17.0. The molecule has 0 bridgehead atoms. The quantitative estimate of drug-likeness (QED) is 0.107. The molecule has 6 N–H and O–H groups in total. The predicted octanol–water partition coefficient (Wildman–Crippen LogP) is 3.17. The molecule has 72 heavy (non-hydrogen) atoms. The molecular weight excluding hydrogens is 936 g/mol. The molecule has 0 radical (unpaired) electrons. The van der Waals surface area contributed by atoms with Crippen LogP contribution in [0.15, 0.2) is 71.1 Å². The number of nitrogens with zero attached hydrogens (tertiary/aromatic N) is 8. The molecule has 5 aliphatic heterocycles. The Morgan fingerprint density at radius 2 is 1.21 bits per heavy atom. The van der Waals surface area contributed by atoms with Crippen molar-refractivity contribution >= 4 is 44.7 Å². The van der Waals surface area contributed by atoms with E-state index in [1.807, 2.05) is 66.5 Å². The SMILES string of the molecule is CN[C@@H](C)C(=O)N[C@H]1CCCC[C@H]2CC[C@@H](C(=O)N[C@@H](P)c3cn(Cc4ccc(CN5CC(C)([C@@H](NC(=O)[C@@H]6CC[C@@H]7CCCC[C@H](NC(=O)[C@H](C)NC)C(=O)N76)c6ccccc6)N=N5)cc4)nn3)N2C1=O. The smallest absolute Gasteiger partial charge is 0.246 e. The number of aromatic nitrogens is 3. The molecule has 12 atom stereocenters. The Balaban J connectivity index is 0.861. The largest absolute Gasteiger partial charge is 0.345 e. The fourth-order valence-corrected chi connectivity index (χ4v) is 11.3. The average molecular weight is 1010 g/mol. The van der Waals surface area contributed by atoms with Crippen molar-refractivity contribution < 1.29 is 28.8 Å². The molecule has 6 heterocycles. The van der Waals surface area contributed by atoms with E-state index >= 15 is 0 Å². The highest BCUT2D eigenvalue weighted by atomic mass is 31.0. The molecule has 5 aliphatic rings. The predicted molar refractivity (Wildman–Crippen MR) is 272 cm³/mol. The van der Waals surface area contributed by atoms with Gasteiger partial charge in [0.2, 0.25) is 35.4 Å². The van der Waals surface area contributed by atoms with E-state index in [9.17, 15) is 28.8 Å². The summed E-state index contributed by atoms with van der Waals surface area (Å²) < 4.78 is 1.72. The minimum atomic E-state index is -0.828. The molecule has 388 valence electrons. The van der Waals surface area contributed by atoms with Gasteiger partial charge in [0.15, 0.2) is 0 Å². The van der Waals surface area contributed by atoms with E-state index in [1.54, 1.807) is 48.6 Å². The molecule has 3 aromatic rings. The minimum Gasteiger partial charge on any atom is -0.345 e. The van der Waals surface area contributed by atoms with Gasteiger partial charge >= 0.3 is 0 Å². The van der Waals surface area contributed by atoms with Crippen molar-refractivity contribution in [3.63, 3.8) is 0 Å². The lowest BCUT2D eigenvalue weighted by atomic mass is 9.87. The highest BCUT2D eigenvalue weighted by Crippen LogP contribution is 2.38. The van der Waals surface area contributed by atoms with Crippen LogP contribution < -0.4 is 31.9 Å². The van der Waals surface area contributed by atoms with Gasteiger partial charge in [-0.15, -0.1) is 14.3 Å². The zero-order chi connectivity index (χ0) is 51.1. The van der Waals surface area contributed by atoms with Crippen molar-refractivity contribution in [2.24, 2.45) is 10.3 Å². The highest BCUT2D eigenvalue weighted by molar-refractivity contribution is 7.17. The van der Waals surface area contributed by atoms with Gasteiger partial charge in [-0.1, -0.05) is 90.7 Å². The first kappa shape index (κ1) is 52.5. The second-order valence-electron chi connectivity index (χ2n) is 20.6. The van der Waals surface area contributed by atoms with Gasteiger partial charge in [-0.3, -0.25) is 33.8 Å². The van der Waals surface area contributed by atoms with Crippen molar-refractivity contribution in [3.05, 3.63) is 83.2 Å². The number of fused-ring (bicyclic) bond motifs is 2. The van der Waals surface area contributed by atoms with Crippen LogP contribution in [-0.2, 0) is 41.9 Å². The van der Waals surface area contributed by atoms with E-state index in [4.69, 9.17) is 5.11 Å². The molecule has 20 nitrogen and oxygen atoms in total. The third-order valence-corrected chi connectivity index (χ3v) is 15.9. The van der Waals surface area contributed by atoms with E-state index in [-0.39, 0.29) is 47.5 Å². The number of nitrogens with one attached hydrogen (secondary N) is 6. The number of hydrogen-bond donors (Lipinski definition) is 6. The van der Waals surface area contributed by atoms with Crippen molar-refractivity contribution in [3.8, 4) is 0 Å². The highest BCUT2D eigenvalue weighted by Gasteiger charge is 2.48. The maximum atomic E-state index is 14.5. The monoisotopic (exact) mass is 1010 g/mol. The summed E-state index contributed by atoms with van der Waals surface area (Å²) in [5.41, 5.74) is 2.62. The normalized spacial score (nSPS) is 27.1. The first-order chi connectivity index (χ1) is 34.7. The Morgan fingerprint density at radius 3 is 1.75 bits per heavy atom. The maximum Gasteiger partial charge on any atom is 0.246 e. The van der Waals surface area contributed by atoms with Crippen LogP contribution in [0.5, 0.6) is 0 Å². The Bertz CT molecular complexity index is 2440. The van der Waals surface area contributed by atoms with Gasteiger partial charge in [0.1, 0.15) is 35.4 Å². The molecule has 4 fully saturated rings. The molecule has 0 saturated carbocycles. The zero-order valence-electron chi connectivity index (χ0n) is 42.3. The van der Waals surface area contributed by atoms with Crippen molar-refractivity contribution in [2.45, 2.75) is 177 Å². The van der Waals surface area contributed by atoms with Gasteiger partial charge in [0.05, 0.1) is 49.7 Å². The van der Waals surface area contributed by atoms with Gasteiger partial charge in [-0.2, -0.15) is 5.11 Å². The van der Waals surface area contributed by atoms with Crippen molar-refractivity contribution in [1.29, 1.82) is 0 Å². The third kappa shape index (κ3) is 12.0. The van der Waals surface area contributed by atoms with Crippen LogP contribution in [0.2, 0.25) is 0 Å². The second kappa shape index (κ2) is 23.4. The van der Waals surface area contributed by atoms with Crippen molar-refractivity contribution in [2.75, 3.05) is 20.6 Å². The summed E-state index contributed by atoms with van der Waals surface area (Å²) in [6.45, 7) is 6.86. The Labute approximate surface area is 424 Å². The molecule has 2 unspecified atom stereocenters. The number of carbonyl (C=O) groups excluding carboxylic acids is 6. The van der Waals surface area contributed by atoms with Crippen LogP contribution in [-0.4, -0.2) is 140 Å². The minimum absolute atomic E-state index is 0.0449. The first-order valence-electron chi connectivity index (χ1n) is 25.8. The molecule has 8 rings (SSSR count). The van der Waals surface area contributed by atoms with E-state index < -0.39 is 53.6 Å². The fourth-order valence-electron chi connectivity index (χ4n) is 11.0. The first-order valence-corrected chi connectivity index (χ1v) is 26.5. The second-order valence-corrected chi connectivity index (χ2v) is 21.2. The van der Waals surface area contributed by atoms with E-state index in [2.05, 4.69) is 56.7 Å². The van der Waals surface area contributed by atoms with Gasteiger partial charge in [0, 0.05) is 12.1 Å². The van der Waals surface area contributed by atoms with Crippen LogP contribution in [0, 0.1) is 0 Å². The lowest BCUT2D eigenvalue weighted by molar-refractivity contribution is -0.144. The summed E-state index contributed by atoms with van der Waals surface area (Å²) in [6, 6.07) is 13.7. The Hall–Kier alpha value is -5.85. The van der Waals surface area contributed by atoms with Crippen LogP contribution in [0.4, 0.5) is 0 Å². The average Bonchev–Trinajstić information content (AvgIpc) is 4.20. The standard InChI is InChI=1S/C51H73N14O6P/c1-31(52-4)44(66)54-38-17-11-9-15-36-23-25-41(64(36)49(38)70)46(68)56-43(35-13-7-6-8-14-35)51(3)30-63(61-59-51)28-34-21-19-33(20-22-34)27-62-29-40(58-60-62)48(72)57-47(69)42-26-24-37-16-10-12-18-39(50(71)65(37)42)55-45(67)32(2)53-5/h6-8,13-14,19-22,29,31-32,36-39,41-43,48,52-53H,9-12,15-18,23-28,30,72H2,1-5H3,(H,54,66)(H,55,67)(H,56,68)(H,57,69)/t31-,32-,36-,37-,38-,39-,41-,42-,43-,48-,51?/m0/s1. The fraction of sp³-hybridized carbons (Fsp3) is 0.608.